The van der Waals surface area contributed by atoms with Crippen LogP contribution in [0.5, 0.6) is 0 Å². The van der Waals surface area contributed by atoms with Crippen LogP contribution in [0.25, 0.3) is 16.8 Å². The minimum absolute atomic E-state index is 0.115. The first-order valence-electron chi connectivity index (χ1n) is 9.61. The van der Waals surface area contributed by atoms with Crippen molar-refractivity contribution in [2.24, 2.45) is 0 Å². The Labute approximate surface area is 176 Å². The highest BCUT2D eigenvalue weighted by Crippen LogP contribution is 2.41. The number of halogens is 4. The Morgan fingerprint density at radius 1 is 1.20 bits per heavy atom. The first-order chi connectivity index (χ1) is 14.3. The molecule has 1 aromatic carbocycles. The molecular weight excluding hydrogens is 419 g/mol. The lowest BCUT2D eigenvalue weighted by Gasteiger charge is -2.26. The van der Waals surface area contributed by atoms with Gasteiger partial charge in [-0.2, -0.15) is 22.8 Å². The maximum Gasteiger partial charge on any atom is 0.435 e. The third kappa shape index (κ3) is 4.23. The minimum atomic E-state index is -4.65. The number of nitrogens with zero attached hydrogens (tertiary/aromatic N) is 4. The zero-order chi connectivity index (χ0) is 21.3. The van der Waals surface area contributed by atoms with E-state index in [1.54, 1.807) is 37.3 Å². The largest absolute Gasteiger partial charge is 0.435 e. The van der Waals surface area contributed by atoms with Gasteiger partial charge in [-0.3, -0.25) is 4.90 Å². The van der Waals surface area contributed by atoms with Gasteiger partial charge in [0.1, 0.15) is 5.82 Å². The molecule has 30 heavy (non-hydrogen) atoms. The summed E-state index contributed by atoms with van der Waals surface area (Å²) in [7, 11) is 0. The highest BCUT2D eigenvalue weighted by Gasteiger charge is 2.39. The van der Waals surface area contributed by atoms with Crippen LogP contribution >= 0.6 is 11.6 Å². The van der Waals surface area contributed by atoms with Gasteiger partial charge in [-0.15, -0.1) is 0 Å². The Bertz CT molecular complexity index is 1050. The fourth-order valence-electron chi connectivity index (χ4n) is 3.54. The molecule has 1 aliphatic heterocycles. The monoisotopic (exact) mass is 439 g/mol. The number of rotatable bonds is 5. The smallest absolute Gasteiger partial charge is 0.379 e. The van der Waals surface area contributed by atoms with E-state index in [9.17, 15) is 13.2 Å². The predicted molar refractivity (Wildman–Crippen MR) is 109 cm³/mol. The topological polar surface area (TPSA) is 54.7 Å². The third-order valence-electron chi connectivity index (χ3n) is 4.97. The van der Waals surface area contributed by atoms with Crippen molar-refractivity contribution < 1.29 is 17.9 Å². The highest BCUT2D eigenvalue weighted by atomic mass is 35.5. The van der Waals surface area contributed by atoms with Gasteiger partial charge >= 0.3 is 6.18 Å². The lowest BCUT2D eigenvalue weighted by atomic mass is 10.1. The van der Waals surface area contributed by atoms with Crippen molar-refractivity contribution in [2.45, 2.75) is 13.1 Å². The molecule has 2 aromatic heterocycles. The Hall–Kier alpha value is -2.36. The summed E-state index contributed by atoms with van der Waals surface area (Å²) in [6.45, 7) is 6.09. The van der Waals surface area contributed by atoms with Crippen molar-refractivity contribution in [1.82, 2.24) is 19.5 Å². The van der Waals surface area contributed by atoms with Crippen LogP contribution in [0.2, 0.25) is 5.02 Å². The Kier molecular flexibility index (Phi) is 5.86. The molecule has 10 heteroatoms. The molecule has 0 atom stereocenters. The summed E-state index contributed by atoms with van der Waals surface area (Å²) in [6, 6.07) is 8.10. The molecule has 3 heterocycles. The molecule has 160 valence electrons. The molecule has 0 aliphatic carbocycles. The van der Waals surface area contributed by atoms with Gasteiger partial charge in [0.2, 0.25) is 0 Å². The van der Waals surface area contributed by atoms with Crippen molar-refractivity contribution in [3.63, 3.8) is 0 Å². The highest BCUT2D eigenvalue weighted by molar-refractivity contribution is 6.33. The second-order valence-corrected chi connectivity index (χ2v) is 7.51. The maximum absolute atomic E-state index is 13.8. The summed E-state index contributed by atoms with van der Waals surface area (Å²) < 4.78 is 48.1. The van der Waals surface area contributed by atoms with Crippen molar-refractivity contribution in [2.75, 3.05) is 44.7 Å². The first-order valence-corrected chi connectivity index (χ1v) is 9.99. The van der Waals surface area contributed by atoms with Gasteiger partial charge in [0.05, 0.1) is 18.8 Å². The summed E-state index contributed by atoms with van der Waals surface area (Å²) >= 11 is 6.22. The molecule has 0 saturated carbocycles. The molecule has 3 aromatic rings. The number of anilines is 1. The number of hydrogen-bond donors (Lipinski definition) is 1. The van der Waals surface area contributed by atoms with E-state index in [0.29, 0.717) is 31.3 Å². The third-order valence-corrected chi connectivity index (χ3v) is 5.30. The number of aryl methyl sites for hydroxylation is 1. The van der Waals surface area contributed by atoms with Crippen LogP contribution in [0.4, 0.5) is 19.0 Å². The van der Waals surface area contributed by atoms with Gasteiger partial charge in [-0.1, -0.05) is 29.8 Å². The van der Waals surface area contributed by atoms with Gasteiger partial charge in [0.15, 0.2) is 11.3 Å². The van der Waals surface area contributed by atoms with Crippen molar-refractivity contribution in [3.05, 3.63) is 46.7 Å². The quantitative estimate of drug-likeness (QED) is 0.648. The van der Waals surface area contributed by atoms with E-state index in [1.165, 1.54) is 4.52 Å². The molecule has 1 aliphatic rings. The summed E-state index contributed by atoms with van der Waals surface area (Å²) in [5.41, 5.74) is -0.181. The fraction of sp³-hybridized carbons (Fsp3) is 0.400. The molecule has 1 N–H and O–H groups in total. The van der Waals surface area contributed by atoms with Crippen LogP contribution in [-0.2, 0) is 10.9 Å². The SMILES string of the molecule is Cc1cc(NCCN2CCOCC2)n2nc(C(F)(F)F)c(-c3ccccc3Cl)c2n1. The number of nitrogens with one attached hydrogen (secondary N) is 1. The standard InChI is InChI=1S/C20H21ClF3N5O/c1-13-12-16(25-6-7-28-8-10-30-11-9-28)29-19(26-13)17(18(27-29)20(22,23)24)14-4-2-3-5-15(14)21/h2-5,12,25H,6-11H2,1H3. The molecule has 0 spiro atoms. The minimum Gasteiger partial charge on any atom is -0.379 e. The van der Waals surface area contributed by atoms with Gasteiger partial charge in [0, 0.05) is 48.5 Å². The van der Waals surface area contributed by atoms with Crippen LogP contribution in [0, 0.1) is 6.92 Å². The summed E-state index contributed by atoms with van der Waals surface area (Å²) in [6.07, 6.45) is -4.65. The molecule has 0 amide bonds. The Balaban J connectivity index is 1.75. The van der Waals surface area contributed by atoms with Gasteiger partial charge in [-0.25, -0.2) is 4.98 Å². The predicted octanol–water partition coefficient (Wildman–Crippen LogP) is 4.12. The van der Waals surface area contributed by atoms with Crippen molar-refractivity contribution >= 4 is 23.1 Å². The molecule has 0 unspecified atom stereocenters. The number of fused-ring (bicyclic) bond motifs is 1. The Morgan fingerprint density at radius 2 is 1.93 bits per heavy atom. The van der Waals surface area contributed by atoms with E-state index < -0.39 is 11.9 Å². The molecule has 1 saturated heterocycles. The number of ether oxygens (including phenoxy) is 1. The molecule has 4 rings (SSSR count). The van der Waals surface area contributed by atoms with Crippen LogP contribution < -0.4 is 5.32 Å². The van der Waals surface area contributed by atoms with E-state index in [0.717, 1.165) is 19.6 Å². The number of hydrogen-bond acceptors (Lipinski definition) is 5. The van der Waals surface area contributed by atoms with Crippen molar-refractivity contribution in [3.8, 4) is 11.1 Å². The molecule has 0 bridgehead atoms. The van der Waals surface area contributed by atoms with Crippen molar-refractivity contribution in [1.29, 1.82) is 0 Å². The van der Waals surface area contributed by atoms with E-state index in [4.69, 9.17) is 16.3 Å². The molecule has 6 nitrogen and oxygen atoms in total. The van der Waals surface area contributed by atoms with Crippen LogP contribution in [-0.4, -0.2) is 58.9 Å². The number of aromatic nitrogens is 3. The summed E-state index contributed by atoms with van der Waals surface area (Å²) in [4.78, 5) is 6.60. The van der Waals surface area contributed by atoms with Gasteiger partial charge in [0.25, 0.3) is 0 Å². The summed E-state index contributed by atoms with van der Waals surface area (Å²) in [5, 5.41) is 7.30. The lowest BCUT2D eigenvalue weighted by Crippen LogP contribution is -2.39. The second-order valence-electron chi connectivity index (χ2n) is 7.10. The van der Waals surface area contributed by atoms with Crippen LogP contribution in [0.3, 0.4) is 0 Å². The average molecular weight is 440 g/mol. The fourth-order valence-corrected chi connectivity index (χ4v) is 3.77. The normalized spacial score (nSPS) is 15.6. The van der Waals surface area contributed by atoms with E-state index in [-0.39, 0.29) is 21.8 Å². The molecule has 1 fully saturated rings. The van der Waals surface area contributed by atoms with Gasteiger partial charge in [-0.05, 0) is 13.0 Å². The zero-order valence-corrected chi connectivity index (χ0v) is 17.1. The molecular formula is C20H21ClF3N5O. The maximum atomic E-state index is 13.8. The number of alkyl halides is 3. The molecule has 0 radical (unpaired) electrons. The number of benzene rings is 1. The van der Waals surface area contributed by atoms with E-state index in [2.05, 4.69) is 20.3 Å². The van der Waals surface area contributed by atoms with E-state index >= 15 is 0 Å². The lowest BCUT2D eigenvalue weighted by molar-refractivity contribution is -0.140. The number of morpholine rings is 1. The zero-order valence-electron chi connectivity index (χ0n) is 16.3. The Morgan fingerprint density at radius 3 is 2.63 bits per heavy atom. The average Bonchev–Trinajstić information content (AvgIpc) is 3.09. The van der Waals surface area contributed by atoms with Crippen LogP contribution in [0.15, 0.2) is 30.3 Å². The first kappa shape index (κ1) is 20.9. The van der Waals surface area contributed by atoms with Crippen LogP contribution in [0.1, 0.15) is 11.4 Å². The summed E-state index contributed by atoms with van der Waals surface area (Å²) in [5.74, 6) is 0.453. The second kappa shape index (κ2) is 8.41. The van der Waals surface area contributed by atoms with E-state index in [1.807, 2.05) is 0 Å². The van der Waals surface area contributed by atoms with Gasteiger partial charge < -0.3 is 10.1 Å².